The average molecular weight is 312 g/mol. The number of ether oxygens (including phenoxy) is 1. The Bertz CT molecular complexity index is 791. The first-order chi connectivity index (χ1) is 10.6. The summed E-state index contributed by atoms with van der Waals surface area (Å²) in [6.45, 7) is -0.259. The van der Waals surface area contributed by atoms with Gasteiger partial charge in [0.2, 0.25) is 0 Å². The summed E-state index contributed by atoms with van der Waals surface area (Å²) in [6, 6.07) is 15.1. The molecular weight excluding hydrogens is 302 g/mol. The third-order valence-corrected chi connectivity index (χ3v) is 3.04. The van der Waals surface area contributed by atoms with Crippen LogP contribution >= 0.6 is 11.6 Å². The van der Waals surface area contributed by atoms with Gasteiger partial charge in [-0.25, -0.2) is 0 Å². The van der Waals surface area contributed by atoms with Crippen LogP contribution in [0, 0.1) is 22.7 Å². The van der Waals surface area contributed by atoms with Crippen LogP contribution in [0.15, 0.2) is 42.5 Å². The zero-order valence-corrected chi connectivity index (χ0v) is 12.1. The van der Waals surface area contributed by atoms with Gasteiger partial charge >= 0.3 is 0 Å². The van der Waals surface area contributed by atoms with Gasteiger partial charge in [-0.3, -0.25) is 4.79 Å². The van der Waals surface area contributed by atoms with Crippen molar-refractivity contribution < 1.29 is 9.53 Å². The Morgan fingerprint density at radius 3 is 2.64 bits per heavy atom. The number of para-hydroxylation sites is 1. The van der Waals surface area contributed by atoms with Crippen molar-refractivity contribution in [1.29, 1.82) is 10.5 Å². The molecule has 1 amide bonds. The minimum Gasteiger partial charge on any atom is -0.482 e. The van der Waals surface area contributed by atoms with Gasteiger partial charge in [-0.15, -0.1) is 0 Å². The number of hydrogen-bond donors (Lipinski definition) is 1. The van der Waals surface area contributed by atoms with Crippen molar-refractivity contribution in [1.82, 2.24) is 0 Å². The number of carbonyl (C=O) groups excluding carboxylic acids is 1. The lowest BCUT2D eigenvalue weighted by Crippen LogP contribution is -2.20. The summed E-state index contributed by atoms with van der Waals surface area (Å²) in [5.74, 6) is -0.104. The predicted molar refractivity (Wildman–Crippen MR) is 81.4 cm³/mol. The maximum atomic E-state index is 11.8. The summed E-state index contributed by atoms with van der Waals surface area (Å²) in [5, 5.41) is 20.5. The van der Waals surface area contributed by atoms with Crippen molar-refractivity contribution >= 4 is 23.2 Å². The molecule has 0 saturated heterocycles. The molecule has 0 heterocycles. The van der Waals surface area contributed by atoms with E-state index in [-0.39, 0.29) is 11.6 Å². The standard InChI is InChI=1S/C16H10ClN3O2/c17-13-7-11(8-18)5-6-15(13)22-10-16(21)20-14-4-2-1-3-12(14)9-19/h1-7H,10H2,(H,20,21). The minimum atomic E-state index is -0.414. The summed E-state index contributed by atoms with van der Waals surface area (Å²) in [5.41, 5.74) is 1.20. The first kappa shape index (κ1) is 15.4. The van der Waals surface area contributed by atoms with Crippen LogP contribution in [0.5, 0.6) is 5.75 Å². The summed E-state index contributed by atoms with van der Waals surface area (Å²) in [6.07, 6.45) is 0. The van der Waals surface area contributed by atoms with E-state index >= 15 is 0 Å². The Morgan fingerprint density at radius 1 is 1.18 bits per heavy atom. The van der Waals surface area contributed by atoms with Crippen LogP contribution in [0.4, 0.5) is 5.69 Å². The second kappa shape index (κ2) is 7.12. The van der Waals surface area contributed by atoms with Crippen LogP contribution in [-0.2, 0) is 4.79 Å². The van der Waals surface area contributed by atoms with Crippen molar-refractivity contribution in [3.8, 4) is 17.9 Å². The van der Waals surface area contributed by atoms with Crippen LogP contribution in [0.2, 0.25) is 5.02 Å². The Balaban J connectivity index is 1.99. The van der Waals surface area contributed by atoms with Gasteiger partial charge in [0.25, 0.3) is 5.91 Å². The molecule has 0 aliphatic rings. The SMILES string of the molecule is N#Cc1ccc(OCC(=O)Nc2ccccc2C#N)c(Cl)c1. The molecular formula is C16H10ClN3O2. The molecule has 2 rings (SSSR count). The number of benzene rings is 2. The van der Waals surface area contributed by atoms with Gasteiger partial charge in [0.05, 0.1) is 27.9 Å². The van der Waals surface area contributed by atoms with Crippen LogP contribution in [0.1, 0.15) is 11.1 Å². The largest absolute Gasteiger partial charge is 0.482 e. The monoisotopic (exact) mass is 311 g/mol. The van der Waals surface area contributed by atoms with E-state index in [2.05, 4.69) is 5.32 Å². The minimum absolute atomic E-state index is 0.254. The Hall–Kier alpha value is -3.02. The normalized spacial score (nSPS) is 9.41. The highest BCUT2D eigenvalue weighted by Crippen LogP contribution is 2.25. The number of nitriles is 2. The Kier molecular flexibility index (Phi) is 4.98. The van der Waals surface area contributed by atoms with Gasteiger partial charge in [-0.05, 0) is 30.3 Å². The first-order valence-electron chi connectivity index (χ1n) is 6.25. The molecule has 1 N–H and O–H groups in total. The van der Waals surface area contributed by atoms with Gasteiger partial charge in [0.15, 0.2) is 6.61 Å². The van der Waals surface area contributed by atoms with Crippen molar-refractivity contribution in [2.75, 3.05) is 11.9 Å². The molecule has 0 bridgehead atoms. The predicted octanol–water partition coefficient (Wildman–Crippen LogP) is 3.10. The van der Waals surface area contributed by atoms with Gasteiger partial charge in [0, 0.05) is 0 Å². The summed E-state index contributed by atoms with van der Waals surface area (Å²) >= 11 is 5.95. The molecule has 0 aliphatic carbocycles. The van der Waals surface area contributed by atoms with Crippen molar-refractivity contribution in [3.05, 3.63) is 58.6 Å². The molecule has 0 fully saturated rings. The number of nitrogens with one attached hydrogen (secondary N) is 1. The number of nitrogens with zero attached hydrogens (tertiary/aromatic N) is 2. The molecule has 0 radical (unpaired) electrons. The number of anilines is 1. The molecule has 22 heavy (non-hydrogen) atoms. The number of hydrogen-bond acceptors (Lipinski definition) is 4. The van der Waals surface area contributed by atoms with Crippen molar-refractivity contribution in [2.24, 2.45) is 0 Å². The highest BCUT2D eigenvalue weighted by molar-refractivity contribution is 6.32. The van der Waals surface area contributed by atoms with E-state index in [0.717, 1.165) is 0 Å². The fraction of sp³-hybridized carbons (Fsp3) is 0.0625. The van der Waals surface area contributed by atoms with E-state index < -0.39 is 5.91 Å². The number of rotatable bonds is 4. The van der Waals surface area contributed by atoms with Gasteiger partial charge < -0.3 is 10.1 Å². The first-order valence-corrected chi connectivity index (χ1v) is 6.63. The molecule has 0 aromatic heterocycles. The average Bonchev–Trinajstić information content (AvgIpc) is 2.54. The second-order valence-electron chi connectivity index (χ2n) is 4.25. The van der Waals surface area contributed by atoms with Crippen molar-refractivity contribution in [3.63, 3.8) is 0 Å². The van der Waals surface area contributed by atoms with E-state index in [1.807, 2.05) is 12.1 Å². The molecule has 0 atom stereocenters. The smallest absolute Gasteiger partial charge is 0.262 e. The van der Waals surface area contributed by atoms with Crippen LogP contribution in [-0.4, -0.2) is 12.5 Å². The van der Waals surface area contributed by atoms with Gasteiger partial charge in [0.1, 0.15) is 11.8 Å². The van der Waals surface area contributed by atoms with E-state index in [0.29, 0.717) is 22.6 Å². The fourth-order valence-electron chi connectivity index (χ4n) is 1.71. The highest BCUT2D eigenvalue weighted by Gasteiger charge is 2.09. The van der Waals surface area contributed by atoms with E-state index in [1.54, 1.807) is 30.3 Å². The third-order valence-electron chi connectivity index (χ3n) is 2.74. The van der Waals surface area contributed by atoms with Gasteiger partial charge in [-0.2, -0.15) is 10.5 Å². The maximum Gasteiger partial charge on any atom is 0.262 e. The van der Waals surface area contributed by atoms with Crippen LogP contribution in [0.3, 0.4) is 0 Å². The summed E-state index contributed by atoms with van der Waals surface area (Å²) < 4.78 is 5.31. The van der Waals surface area contributed by atoms with Gasteiger partial charge in [-0.1, -0.05) is 23.7 Å². The third kappa shape index (κ3) is 3.76. The second-order valence-corrected chi connectivity index (χ2v) is 4.66. The number of amides is 1. The zero-order valence-electron chi connectivity index (χ0n) is 11.3. The lowest BCUT2D eigenvalue weighted by atomic mass is 10.2. The maximum absolute atomic E-state index is 11.8. The summed E-state index contributed by atoms with van der Waals surface area (Å²) in [7, 11) is 0. The summed E-state index contributed by atoms with van der Waals surface area (Å²) in [4.78, 5) is 11.8. The lowest BCUT2D eigenvalue weighted by Gasteiger charge is -2.09. The van der Waals surface area contributed by atoms with Crippen LogP contribution in [0.25, 0.3) is 0 Å². The van der Waals surface area contributed by atoms with Crippen LogP contribution < -0.4 is 10.1 Å². The van der Waals surface area contributed by atoms with E-state index in [1.165, 1.54) is 12.1 Å². The molecule has 0 spiro atoms. The molecule has 5 nitrogen and oxygen atoms in total. The quantitative estimate of drug-likeness (QED) is 0.940. The molecule has 6 heteroatoms. The Labute approximate surface area is 132 Å². The molecule has 2 aromatic rings. The lowest BCUT2D eigenvalue weighted by molar-refractivity contribution is -0.118. The topological polar surface area (TPSA) is 85.9 Å². The molecule has 108 valence electrons. The van der Waals surface area contributed by atoms with E-state index in [4.69, 9.17) is 26.9 Å². The Morgan fingerprint density at radius 2 is 1.95 bits per heavy atom. The van der Waals surface area contributed by atoms with Crippen molar-refractivity contribution in [2.45, 2.75) is 0 Å². The molecule has 0 saturated carbocycles. The zero-order chi connectivity index (χ0) is 15.9. The van der Waals surface area contributed by atoms with E-state index in [9.17, 15) is 4.79 Å². The molecule has 2 aromatic carbocycles. The number of carbonyl (C=O) groups is 1. The molecule has 0 unspecified atom stereocenters. The number of halogens is 1. The fourth-order valence-corrected chi connectivity index (χ4v) is 1.94. The molecule has 0 aliphatic heterocycles. The highest BCUT2D eigenvalue weighted by atomic mass is 35.5.